The Morgan fingerprint density at radius 3 is 2.59 bits per heavy atom. The van der Waals surface area contributed by atoms with Crippen molar-refractivity contribution in [3.8, 4) is 16.9 Å². The quantitative estimate of drug-likeness (QED) is 0.768. The number of pyridine rings is 1. The number of piperidine rings is 1. The van der Waals surface area contributed by atoms with Crippen LogP contribution in [0.15, 0.2) is 42.7 Å². The molecule has 0 spiro atoms. The van der Waals surface area contributed by atoms with E-state index in [0.717, 1.165) is 42.9 Å². The normalized spacial score (nSPS) is 16.0. The number of rotatable bonds is 4. The molecule has 3 aromatic rings. The van der Waals surface area contributed by atoms with Gasteiger partial charge in [-0.15, -0.1) is 5.10 Å². The lowest BCUT2D eigenvalue weighted by molar-refractivity contribution is 0.0787. The van der Waals surface area contributed by atoms with E-state index in [2.05, 4.69) is 20.2 Å². The van der Waals surface area contributed by atoms with Crippen LogP contribution in [-0.2, 0) is 6.54 Å². The number of hydrogen-bond donors (Lipinski definition) is 1. The highest BCUT2D eigenvalue weighted by atomic mass is 19.1. The molecule has 1 aliphatic rings. The Morgan fingerprint density at radius 2 is 1.89 bits per heavy atom. The first-order chi connectivity index (χ1) is 13.1. The highest BCUT2D eigenvalue weighted by Crippen LogP contribution is 2.27. The van der Waals surface area contributed by atoms with Crippen molar-refractivity contribution in [2.45, 2.75) is 32.4 Å². The molecule has 0 unspecified atom stereocenters. The van der Waals surface area contributed by atoms with Gasteiger partial charge in [-0.05, 0) is 49.6 Å². The van der Waals surface area contributed by atoms with Crippen LogP contribution < -0.4 is 0 Å². The zero-order valence-electron chi connectivity index (χ0n) is 15.2. The first-order valence-electron chi connectivity index (χ1n) is 9.14. The molecule has 27 heavy (non-hydrogen) atoms. The Bertz CT molecular complexity index is 919. The average molecular weight is 367 g/mol. The van der Waals surface area contributed by atoms with Crippen molar-refractivity contribution >= 4 is 0 Å². The molecular formula is C20H22FN5O. The van der Waals surface area contributed by atoms with Gasteiger partial charge in [-0.2, -0.15) is 0 Å². The van der Waals surface area contributed by atoms with Crippen molar-refractivity contribution in [1.29, 1.82) is 0 Å². The SMILES string of the molecule is Cc1ccc(-n2nnc(CN3CCC(O)CC3)c2-c2ccncc2)cc1F. The first-order valence-corrected chi connectivity index (χ1v) is 9.14. The third-order valence-electron chi connectivity index (χ3n) is 5.02. The second kappa shape index (κ2) is 7.54. The van der Waals surface area contributed by atoms with E-state index in [1.807, 2.05) is 18.2 Å². The molecule has 3 heterocycles. The minimum absolute atomic E-state index is 0.216. The molecule has 0 saturated carbocycles. The standard InChI is InChI=1S/C20H22FN5O/c1-14-2-3-16(12-18(14)21)26-20(15-4-8-22-9-5-15)19(23-24-26)13-25-10-6-17(27)7-11-25/h2-5,8-9,12,17,27H,6-7,10-11,13H2,1H3. The van der Waals surface area contributed by atoms with Crippen LogP contribution in [-0.4, -0.2) is 49.2 Å². The van der Waals surface area contributed by atoms with Gasteiger partial charge in [0.2, 0.25) is 0 Å². The molecule has 1 saturated heterocycles. The Kier molecular flexibility index (Phi) is 4.96. The lowest BCUT2D eigenvalue weighted by Gasteiger charge is -2.28. The summed E-state index contributed by atoms with van der Waals surface area (Å²) >= 11 is 0. The second-order valence-corrected chi connectivity index (χ2v) is 6.97. The summed E-state index contributed by atoms with van der Waals surface area (Å²) in [5, 5.41) is 18.4. The van der Waals surface area contributed by atoms with Gasteiger partial charge < -0.3 is 5.11 Å². The van der Waals surface area contributed by atoms with Crippen LogP contribution in [0.5, 0.6) is 0 Å². The summed E-state index contributed by atoms with van der Waals surface area (Å²) < 4.78 is 15.8. The maximum atomic E-state index is 14.1. The fraction of sp³-hybridized carbons (Fsp3) is 0.350. The van der Waals surface area contributed by atoms with Crippen molar-refractivity contribution in [2.75, 3.05) is 13.1 Å². The van der Waals surface area contributed by atoms with Crippen LogP contribution in [0.2, 0.25) is 0 Å². The molecule has 1 fully saturated rings. The maximum Gasteiger partial charge on any atom is 0.128 e. The van der Waals surface area contributed by atoms with Crippen molar-refractivity contribution < 1.29 is 9.50 Å². The largest absolute Gasteiger partial charge is 0.393 e. The van der Waals surface area contributed by atoms with Gasteiger partial charge in [0.1, 0.15) is 11.5 Å². The van der Waals surface area contributed by atoms with Crippen molar-refractivity contribution in [3.63, 3.8) is 0 Å². The van der Waals surface area contributed by atoms with Crippen molar-refractivity contribution in [1.82, 2.24) is 24.9 Å². The number of nitrogens with zero attached hydrogens (tertiary/aromatic N) is 5. The van der Waals surface area contributed by atoms with Gasteiger partial charge in [0.05, 0.1) is 17.5 Å². The van der Waals surface area contributed by atoms with Crippen LogP contribution in [0.3, 0.4) is 0 Å². The highest BCUT2D eigenvalue weighted by Gasteiger charge is 2.22. The Labute approximate surface area is 157 Å². The van der Waals surface area contributed by atoms with Gasteiger partial charge in [0.15, 0.2) is 0 Å². The lowest BCUT2D eigenvalue weighted by Crippen LogP contribution is -2.35. The summed E-state index contributed by atoms with van der Waals surface area (Å²) in [5.74, 6) is -0.268. The lowest BCUT2D eigenvalue weighted by atomic mass is 10.1. The maximum absolute atomic E-state index is 14.1. The van der Waals surface area contributed by atoms with Gasteiger partial charge in [-0.1, -0.05) is 11.3 Å². The third-order valence-corrected chi connectivity index (χ3v) is 5.02. The van der Waals surface area contributed by atoms with Crippen molar-refractivity contribution in [2.24, 2.45) is 0 Å². The molecule has 7 heteroatoms. The average Bonchev–Trinajstić information content (AvgIpc) is 3.10. The Hall–Kier alpha value is -2.64. The Balaban J connectivity index is 1.73. The van der Waals surface area contributed by atoms with Gasteiger partial charge >= 0.3 is 0 Å². The van der Waals surface area contributed by atoms with E-state index < -0.39 is 0 Å². The molecular weight excluding hydrogens is 345 g/mol. The molecule has 0 atom stereocenters. The van der Waals surface area contributed by atoms with E-state index in [1.165, 1.54) is 6.07 Å². The van der Waals surface area contributed by atoms with E-state index in [0.29, 0.717) is 17.8 Å². The molecule has 6 nitrogen and oxygen atoms in total. The number of aliphatic hydroxyl groups is 1. The number of aryl methyl sites for hydroxylation is 1. The zero-order chi connectivity index (χ0) is 18.8. The fourth-order valence-corrected chi connectivity index (χ4v) is 3.40. The molecule has 4 rings (SSSR count). The van der Waals surface area contributed by atoms with Crippen LogP contribution in [0.4, 0.5) is 4.39 Å². The van der Waals surface area contributed by atoms with Crippen LogP contribution in [0.25, 0.3) is 16.9 Å². The topological polar surface area (TPSA) is 67.1 Å². The van der Waals surface area contributed by atoms with Gasteiger partial charge in [-0.25, -0.2) is 9.07 Å². The summed E-state index contributed by atoms with van der Waals surface area (Å²) in [6.07, 6.45) is 4.77. The molecule has 1 aliphatic heterocycles. The predicted molar refractivity (Wildman–Crippen MR) is 99.8 cm³/mol. The smallest absolute Gasteiger partial charge is 0.128 e. The van der Waals surface area contributed by atoms with E-state index in [4.69, 9.17) is 0 Å². The van der Waals surface area contributed by atoms with Crippen LogP contribution in [0.1, 0.15) is 24.1 Å². The van der Waals surface area contributed by atoms with Crippen LogP contribution >= 0.6 is 0 Å². The summed E-state index contributed by atoms with van der Waals surface area (Å²) in [6.45, 7) is 4.02. The summed E-state index contributed by atoms with van der Waals surface area (Å²) in [5.41, 5.74) is 3.84. The van der Waals surface area contributed by atoms with E-state index in [9.17, 15) is 9.50 Å². The van der Waals surface area contributed by atoms with Crippen molar-refractivity contribution in [3.05, 3.63) is 59.8 Å². The molecule has 1 aromatic carbocycles. The summed E-state index contributed by atoms with van der Waals surface area (Å²) in [7, 11) is 0. The Morgan fingerprint density at radius 1 is 1.15 bits per heavy atom. The van der Waals surface area contributed by atoms with Gasteiger partial charge in [0, 0.05) is 37.6 Å². The third kappa shape index (κ3) is 3.74. The highest BCUT2D eigenvalue weighted by molar-refractivity contribution is 5.63. The molecule has 0 bridgehead atoms. The number of likely N-dealkylation sites (tertiary alicyclic amines) is 1. The van der Waals surface area contributed by atoms with Gasteiger partial charge in [0.25, 0.3) is 0 Å². The predicted octanol–water partition coefficient (Wildman–Crippen LogP) is 2.73. The summed E-state index contributed by atoms with van der Waals surface area (Å²) in [4.78, 5) is 6.35. The monoisotopic (exact) mass is 367 g/mol. The molecule has 1 N–H and O–H groups in total. The number of aliphatic hydroxyl groups excluding tert-OH is 1. The minimum atomic E-state index is -0.268. The van der Waals surface area contributed by atoms with Crippen LogP contribution in [0, 0.1) is 12.7 Å². The van der Waals surface area contributed by atoms with E-state index in [-0.39, 0.29) is 11.9 Å². The van der Waals surface area contributed by atoms with E-state index >= 15 is 0 Å². The number of benzene rings is 1. The second-order valence-electron chi connectivity index (χ2n) is 6.97. The number of hydrogen-bond acceptors (Lipinski definition) is 5. The molecule has 140 valence electrons. The number of aromatic nitrogens is 4. The molecule has 0 radical (unpaired) electrons. The number of halogens is 1. The fourth-order valence-electron chi connectivity index (χ4n) is 3.40. The summed E-state index contributed by atoms with van der Waals surface area (Å²) in [6, 6.07) is 8.88. The van der Waals surface area contributed by atoms with E-state index in [1.54, 1.807) is 30.1 Å². The molecule has 0 amide bonds. The zero-order valence-corrected chi connectivity index (χ0v) is 15.2. The first kappa shape index (κ1) is 17.8. The van der Waals surface area contributed by atoms with Gasteiger partial charge in [-0.3, -0.25) is 9.88 Å². The molecule has 0 aliphatic carbocycles. The minimum Gasteiger partial charge on any atom is -0.393 e. The molecule has 2 aromatic heterocycles.